The van der Waals surface area contributed by atoms with Crippen molar-refractivity contribution in [2.75, 3.05) is 22.6 Å². The molecule has 3 heterocycles. The number of rotatable bonds is 7. The van der Waals surface area contributed by atoms with E-state index < -0.39 is 29.1 Å². The fraction of sp³-hybridized carbons (Fsp3) is 0.133. The maximum Gasteiger partial charge on any atom is 0.417 e. The smallest absolute Gasteiger partial charge is 0.366 e. The van der Waals surface area contributed by atoms with Crippen LogP contribution in [-0.4, -0.2) is 48.6 Å². The lowest BCUT2D eigenvalue weighted by Crippen LogP contribution is -2.19. The molecule has 0 saturated heterocycles. The number of carbonyl (C=O) groups is 2. The maximum atomic E-state index is 14.1. The fourth-order valence-electron chi connectivity index (χ4n) is 4.91. The lowest BCUT2D eigenvalue weighted by molar-refractivity contribution is -0.137. The van der Waals surface area contributed by atoms with Crippen molar-refractivity contribution in [1.29, 1.82) is 0 Å². The number of aryl methyl sites for hydroxylation is 2. The summed E-state index contributed by atoms with van der Waals surface area (Å²) in [5.74, 6) is -1.42. The van der Waals surface area contributed by atoms with Crippen molar-refractivity contribution in [2.24, 2.45) is 12.8 Å². The number of aromatic nitrogens is 6. The Morgan fingerprint density at radius 2 is 1.82 bits per heavy atom. The Balaban J connectivity index is 1.24. The Morgan fingerprint density at radius 1 is 1.02 bits per heavy atom. The summed E-state index contributed by atoms with van der Waals surface area (Å²) in [5, 5.41) is 10.7. The first-order chi connectivity index (χ1) is 21.4. The first-order valence-corrected chi connectivity index (χ1v) is 13.5. The molecule has 2 amide bonds. The number of amides is 2. The Bertz CT molecular complexity index is 2120. The summed E-state index contributed by atoms with van der Waals surface area (Å²) < 4.78 is 44.2. The second-order valence-electron chi connectivity index (χ2n) is 10.2. The van der Waals surface area contributed by atoms with Crippen LogP contribution in [0.15, 0.2) is 66.9 Å². The zero-order chi connectivity index (χ0) is 32.0. The molecule has 6 rings (SSSR count). The molecule has 15 heteroatoms. The van der Waals surface area contributed by atoms with E-state index in [0.29, 0.717) is 11.3 Å². The highest BCUT2D eigenvalue weighted by Gasteiger charge is 2.36. The number of anilines is 5. The lowest BCUT2D eigenvalue weighted by Gasteiger charge is -2.19. The molecule has 0 aliphatic carbocycles. The normalized spacial score (nSPS) is 11.6. The minimum Gasteiger partial charge on any atom is -0.366 e. The predicted octanol–water partition coefficient (Wildman–Crippen LogP) is 5.43. The van der Waals surface area contributed by atoms with Gasteiger partial charge in [-0.25, -0.2) is 9.97 Å². The van der Waals surface area contributed by atoms with Crippen molar-refractivity contribution in [3.8, 4) is 0 Å². The van der Waals surface area contributed by atoms with Crippen LogP contribution in [0.25, 0.3) is 21.9 Å². The van der Waals surface area contributed by atoms with Gasteiger partial charge in [0, 0.05) is 42.7 Å². The monoisotopic (exact) mass is 614 g/mol. The molecular weight excluding hydrogens is 589 g/mol. The molecule has 6 aromatic rings. The van der Waals surface area contributed by atoms with Gasteiger partial charge in [0.1, 0.15) is 11.3 Å². The Labute approximate surface area is 253 Å². The van der Waals surface area contributed by atoms with Crippen molar-refractivity contribution >= 4 is 62.8 Å². The van der Waals surface area contributed by atoms with Gasteiger partial charge in [-0.15, -0.1) is 0 Å². The molecule has 0 fully saturated rings. The Hall–Kier alpha value is -5.99. The zero-order valence-electron chi connectivity index (χ0n) is 24.1. The highest BCUT2D eigenvalue weighted by molar-refractivity contribution is 6.07. The number of H-pyrrole nitrogens is 1. The molecule has 0 unspecified atom stereocenters. The van der Waals surface area contributed by atoms with E-state index in [1.165, 1.54) is 18.3 Å². The second kappa shape index (κ2) is 10.9. The summed E-state index contributed by atoms with van der Waals surface area (Å²) in [5.41, 5.74) is 6.84. The predicted molar refractivity (Wildman–Crippen MR) is 163 cm³/mol. The van der Waals surface area contributed by atoms with Crippen LogP contribution >= 0.6 is 0 Å². The van der Waals surface area contributed by atoms with E-state index >= 15 is 0 Å². The van der Waals surface area contributed by atoms with Gasteiger partial charge in [0.15, 0.2) is 0 Å². The van der Waals surface area contributed by atoms with Crippen LogP contribution < -0.4 is 21.3 Å². The van der Waals surface area contributed by atoms with Crippen LogP contribution in [0, 0.1) is 6.92 Å². The van der Waals surface area contributed by atoms with Crippen LogP contribution in [0.2, 0.25) is 0 Å². The largest absolute Gasteiger partial charge is 0.417 e. The SMILES string of the molecule is Cc1c2ccc(N(C)c3ccnc(Nc4ccc(C(=O)Nc5nc6c(C(N)=O)cccc6[nH]5)c(C(F)(F)F)c4)n3)cc2nn1C. The summed E-state index contributed by atoms with van der Waals surface area (Å²) in [6.07, 6.45) is -3.39. The summed E-state index contributed by atoms with van der Waals surface area (Å²) in [7, 11) is 3.67. The molecule has 228 valence electrons. The molecule has 0 aliphatic rings. The van der Waals surface area contributed by atoms with Crippen molar-refractivity contribution in [2.45, 2.75) is 13.1 Å². The number of benzene rings is 3. The molecule has 0 saturated carbocycles. The minimum absolute atomic E-state index is 0.0129. The standard InChI is InChI=1S/C30H25F3N10O2/c1-15-18-10-8-17(14-23(18)41-43(15)3)42(2)24-11-12-35-28(38-24)36-16-7-9-19(21(13-16)30(31,32)33)27(45)40-29-37-22-6-4-5-20(26(34)44)25(22)39-29/h4-14H,1-3H3,(H2,34,44)(H,35,36,38)(H2,37,39,40,45). The third kappa shape index (κ3) is 5.58. The zero-order valence-corrected chi connectivity index (χ0v) is 24.1. The van der Waals surface area contributed by atoms with Crippen LogP contribution in [0.3, 0.4) is 0 Å². The van der Waals surface area contributed by atoms with E-state index in [9.17, 15) is 22.8 Å². The molecule has 0 spiro atoms. The first kappa shape index (κ1) is 29.1. The Morgan fingerprint density at radius 3 is 2.58 bits per heavy atom. The van der Waals surface area contributed by atoms with Crippen molar-refractivity contribution < 1.29 is 22.8 Å². The first-order valence-electron chi connectivity index (χ1n) is 13.5. The van der Waals surface area contributed by atoms with Crippen molar-refractivity contribution in [3.63, 3.8) is 0 Å². The molecule has 3 aromatic heterocycles. The van der Waals surface area contributed by atoms with E-state index in [0.717, 1.165) is 34.4 Å². The van der Waals surface area contributed by atoms with Crippen molar-refractivity contribution in [3.05, 3.63) is 89.2 Å². The van der Waals surface area contributed by atoms with Gasteiger partial charge in [-0.3, -0.25) is 19.6 Å². The van der Waals surface area contributed by atoms with E-state index in [2.05, 4.69) is 35.7 Å². The lowest BCUT2D eigenvalue weighted by atomic mass is 10.1. The number of para-hydroxylation sites is 1. The van der Waals surface area contributed by atoms with E-state index in [4.69, 9.17) is 5.73 Å². The van der Waals surface area contributed by atoms with Gasteiger partial charge >= 0.3 is 6.18 Å². The van der Waals surface area contributed by atoms with Gasteiger partial charge in [0.2, 0.25) is 11.9 Å². The van der Waals surface area contributed by atoms with Crippen molar-refractivity contribution in [1.82, 2.24) is 29.7 Å². The van der Waals surface area contributed by atoms with E-state index in [1.54, 1.807) is 34.8 Å². The quantitative estimate of drug-likeness (QED) is 0.185. The molecule has 12 nitrogen and oxygen atoms in total. The maximum absolute atomic E-state index is 14.1. The van der Waals surface area contributed by atoms with E-state index in [1.807, 2.05) is 32.2 Å². The number of primary amides is 1. The molecule has 0 radical (unpaired) electrons. The molecule has 0 bridgehead atoms. The van der Waals surface area contributed by atoms with Gasteiger partial charge in [-0.2, -0.15) is 23.3 Å². The number of imidazole rings is 1. The number of hydrogen-bond acceptors (Lipinski definition) is 8. The molecular formula is C30H25F3N10O2. The summed E-state index contributed by atoms with van der Waals surface area (Å²) in [6, 6.07) is 15.2. The van der Waals surface area contributed by atoms with Gasteiger partial charge in [0.25, 0.3) is 11.8 Å². The highest BCUT2D eigenvalue weighted by atomic mass is 19.4. The number of aromatic amines is 1. The van der Waals surface area contributed by atoms with Gasteiger partial charge in [-0.1, -0.05) is 6.07 Å². The number of fused-ring (bicyclic) bond motifs is 2. The number of carbonyl (C=O) groups excluding carboxylic acids is 2. The number of nitrogens with two attached hydrogens (primary N) is 1. The second-order valence-corrected chi connectivity index (χ2v) is 10.2. The van der Waals surface area contributed by atoms with Gasteiger partial charge in [-0.05, 0) is 61.5 Å². The third-order valence-corrected chi connectivity index (χ3v) is 7.32. The third-order valence-electron chi connectivity index (χ3n) is 7.32. The number of nitrogens with one attached hydrogen (secondary N) is 3. The van der Waals surface area contributed by atoms with Gasteiger partial charge in [0.05, 0.1) is 27.7 Å². The van der Waals surface area contributed by atoms with Crippen LogP contribution in [0.5, 0.6) is 0 Å². The fourth-order valence-corrected chi connectivity index (χ4v) is 4.91. The minimum atomic E-state index is -4.87. The number of hydrogen-bond donors (Lipinski definition) is 4. The summed E-state index contributed by atoms with van der Waals surface area (Å²) in [4.78, 5) is 42.0. The van der Waals surface area contributed by atoms with Gasteiger partial charge < -0.3 is 20.9 Å². The average Bonchev–Trinajstić information content (AvgIpc) is 3.54. The van der Waals surface area contributed by atoms with E-state index in [-0.39, 0.29) is 28.7 Å². The Kier molecular flexibility index (Phi) is 7.07. The number of alkyl halides is 3. The topological polar surface area (TPSA) is 160 Å². The molecule has 45 heavy (non-hydrogen) atoms. The average molecular weight is 615 g/mol. The molecule has 3 aromatic carbocycles. The van der Waals surface area contributed by atoms with Crippen LogP contribution in [0.4, 0.5) is 42.3 Å². The number of nitrogens with zero attached hydrogens (tertiary/aromatic N) is 6. The highest BCUT2D eigenvalue weighted by Crippen LogP contribution is 2.35. The van der Waals surface area contributed by atoms with Crippen LogP contribution in [-0.2, 0) is 13.2 Å². The molecule has 0 atom stereocenters. The molecule has 0 aliphatic heterocycles. The summed E-state index contributed by atoms with van der Waals surface area (Å²) >= 11 is 0. The van der Waals surface area contributed by atoms with Crippen LogP contribution in [0.1, 0.15) is 32.0 Å². The molecule has 5 N–H and O–H groups in total. The summed E-state index contributed by atoms with van der Waals surface area (Å²) in [6.45, 7) is 1.98. The number of halogens is 3.